The fraction of sp³-hybridized carbons (Fsp3) is 0.333. The van der Waals surface area contributed by atoms with E-state index in [2.05, 4.69) is 28.6 Å². The monoisotopic (exact) mass is 449 g/mol. The van der Waals surface area contributed by atoms with E-state index in [1.54, 1.807) is 11.6 Å². The first kappa shape index (κ1) is 22.1. The zero-order valence-electron chi connectivity index (χ0n) is 18.6. The van der Waals surface area contributed by atoms with Gasteiger partial charge in [0.2, 0.25) is 0 Å². The van der Waals surface area contributed by atoms with Crippen LogP contribution >= 0.6 is 11.8 Å². The molecule has 0 radical (unpaired) electrons. The van der Waals surface area contributed by atoms with Crippen LogP contribution in [0.25, 0.3) is 10.9 Å². The Morgan fingerprint density at radius 3 is 2.53 bits per heavy atom. The minimum Gasteiger partial charge on any atom is -0.486 e. The van der Waals surface area contributed by atoms with Gasteiger partial charge < -0.3 is 9.30 Å². The van der Waals surface area contributed by atoms with Crippen LogP contribution in [0.3, 0.4) is 0 Å². The van der Waals surface area contributed by atoms with E-state index in [9.17, 15) is 4.79 Å². The highest BCUT2D eigenvalue weighted by Gasteiger charge is 2.16. The first-order valence-corrected chi connectivity index (χ1v) is 11.7. The molecule has 0 spiro atoms. The molecule has 0 aliphatic heterocycles. The van der Waals surface area contributed by atoms with E-state index in [1.807, 2.05) is 54.6 Å². The Kier molecular flexibility index (Phi) is 6.90. The third-order valence-corrected chi connectivity index (χ3v) is 6.20. The molecule has 166 valence electrons. The number of para-hydroxylation sites is 2. The normalized spacial score (nSPS) is 11.4. The van der Waals surface area contributed by atoms with Crippen molar-refractivity contribution in [3.8, 4) is 5.75 Å². The number of thioether (sulfide) groups is 1. The number of hydrogen-bond acceptors (Lipinski definition) is 6. The minimum absolute atomic E-state index is 0.0376. The van der Waals surface area contributed by atoms with Gasteiger partial charge in [-0.3, -0.25) is 9.36 Å². The lowest BCUT2D eigenvalue weighted by atomic mass is 10.1. The van der Waals surface area contributed by atoms with Crippen molar-refractivity contribution in [3.05, 3.63) is 76.6 Å². The topological polar surface area (TPSA) is 74.8 Å². The van der Waals surface area contributed by atoms with Crippen LogP contribution in [0.4, 0.5) is 0 Å². The summed E-state index contributed by atoms with van der Waals surface area (Å²) in [6.45, 7) is 5.56. The summed E-state index contributed by atoms with van der Waals surface area (Å²) in [4.78, 5) is 17.4. The average molecular weight is 450 g/mol. The average Bonchev–Trinajstić information content (AvgIpc) is 3.20. The Bertz CT molecular complexity index is 1250. The number of rotatable bonds is 9. The minimum atomic E-state index is -0.0376. The van der Waals surface area contributed by atoms with E-state index in [0.29, 0.717) is 35.0 Å². The predicted octanol–water partition coefficient (Wildman–Crippen LogP) is 4.44. The second-order valence-electron chi connectivity index (χ2n) is 8.03. The van der Waals surface area contributed by atoms with E-state index in [4.69, 9.17) is 9.72 Å². The first-order chi connectivity index (χ1) is 15.5. The van der Waals surface area contributed by atoms with Crippen LogP contribution in [0.5, 0.6) is 5.75 Å². The third kappa shape index (κ3) is 5.02. The molecule has 2 aromatic heterocycles. The van der Waals surface area contributed by atoms with Crippen LogP contribution < -0.4 is 10.3 Å². The molecule has 4 aromatic rings. The van der Waals surface area contributed by atoms with Crippen molar-refractivity contribution in [2.75, 3.05) is 0 Å². The van der Waals surface area contributed by atoms with Crippen molar-refractivity contribution in [1.29, 1.82) is 0 Å². The summed E-state index contributed by atoms with van der Waals surface area (Å²) < 4.78 is 9.64. The summed E-state index contributed by atoms with van der Waals surface area (Å²) >= 11 is 1.54. The summed E-state index contributed by atoms with van der Waals surface area (Å²) in [5.74, 6) is 3.38. The zero-order valence-corrected chi connectivity index (χ0v) is 19.4. The Balaban J connectivity index is 1.55. The number of nitrogens with zero attached hydrogens (tertiary/aromatic N) is 5. The molecule has 0 fully saturated rings. The maximum Gasteiger partial charge on any atom is 0.261 e. The molecule has 0 atom stereocenters. The van der Waals surface area contributed by atoms with Crippen molar-refractivity contribution >= 4 is 22.7 Å². The molecule has 8 heteroatoms. The second-order valence-corrected chi connectivity index (χ2v) is 8.98. The van der Waals surface area contributed by atoms with Crippen molar-refractivity contribution < 1.29 is 4.74 Å². The van der Waals surface area contributed by atoms with Gasteiger partial charge in [0.05, 0.1) is 16.7 Å². The molecule has 0 N–H and O–H groups in total. The molecule has 0 saturated carbocycles. The van der Waals surface area contributed by atoms with Gasteiger partial charge in [-0.25, -0.2) is 4.98 Å². The molecule has 0 aliphatic carbocycles. The van der Waals surface area contributed by atoms with Crippen LogP contribution in [-0.4, -0.2) is 24.3 Å². The number of hydrogen-bond donors (Lipinski definition) is 0. The standard InChI is InChI=1S/C24H27N5O2S/c1-17(2)13-14-29-21(15-31-18-9-5-4-6-10-18)26-27-24(29)32-16-22-25-20-12-8-7-11-19(20)23(30)28(22)3/h4-12,17H,13-16H2,1-3H3. The van der Waals surface area contributed by atoms with Crippen LogP contribution in [0.15, 0.2) is 64.5 Å². The van der Waals surface area contributed by atoms with Crippen molar-refractivity contribution in [2.45, 2.75) is 44.3 Å². The summed E-state index contributed by atoms with van der Waals surface area (Å²) in [7, 11) is 1.76. The maximum atomic E-state index is 12.7. The lowest BCUT2D eigenvalue weighted by Gasteiger charge is -2.13. The van der Waals surface area contributed by atoms with E-state index in [1.165, 1.54) is 11.8 Å². The van der Waals surface area contributed by atoms with Gasteiger partial charge in [0.1, 0.15) is 18.2 Å². The van der Waals surface area contributed by atoms with Gasteiger partial charge in [0.15, 0.2) is 11.0 Å². The number of fused-ring (bicyclic) bond motifs is 1. The van der Waals surface area contributed by atoms with Crippen LogP contribution in [-0.2, 0) is 26.0 Å². The molecule has 32 heavy (non-hydrogen) atoms. The lowest BCUT2D eigenvalue weighted by molar-refractivity contribution is 0.285. The predicted molar refractivity (Wildman–Crippen MR) is 127 cm³/mol. The summed E-state index contributed by atoms with van der Waals surface area (Å²) in [6.07, 6.45) is 1.01. The van der Waals surface area contributed by atoms with Crippen LogP contribution in [0.2, 0.25) is 0 Å². The third-order valence-electron chi connectivity index (χ3n) is 5.24. The smallest absolute Gasteiger partial charge is 0.261 e. The number of aromatic nitrogens is 5. The molecule has 7 nitrogen and oxygen atoms in total. The second kappa shape index (κ2) is 9.99. The Morgan fingerprint density at radius 2 is 1.75 bits per heavy atom. The molecule has 0 unspecified atom stereocenters. The zero-order chi connectivity index (χ0) is 22.5. The fourth-order valence-electron chi connectivity index (χ4n) is 3.33. The van der Waals surface area contributed by atoms with E-state index in [-0.39, 0.29) is 5.56 Å². The molecule has 0 aliphatic rings. The highest BCUT2D eigenvalue weighted by molar-refractivity contribution is 7.98. The molecule has 2 aromatic carbocycles. The highest BCUT2D eigenvalue weighted by Crippen LogP contribution is 2.23. The van der Waals surface area contributed by atoms with E-state index < -0.39 is 0 Å². The van der Waals surface area contributed by atoms with Gasteiger partial charge in [-0.1, -0.05) is 55.9 Å². The number of benzene rings is 2. The van der Waals surface area contributed by atoms with Crippen molar-refractivity contribution in [1.82, 2.24) is 24.3 Å². The fourth-order valence-corrected chi connectivity index (χ4v) is 4.30. The Labute approximate surface area is 191 Å². The summed E-state index contributed by atoms with van der Waals surface area (Å²) in [5, 5.41) is 10.2. The molecule has 0 amide bonds. The summed E-state index contributed by atoms with van der Waals surface area (Å²) in [6, 6.07) is 17.1. The first-order valence-electron chi connectivity index (χ1n) is 10.7. The molecule has 0 bridgehead atoms. The Hall–Kier alpha value is -3.13. The molecule has 4 rings (SSSR count). The molecule has 2 heterocycles. The van der Waals surface area contributed by atoms with Crippen molar-refractivity contribution in [2.24, 2.45) is 13.0 Å². The Morgan fingerprint density at radius 1 is 1.00 bits per heavy atom. The van der Waals surface area contributed by atoms with Gasteiger partial charge >= 0.3 is 0 Å². The highest BCUT2D eigenvalue weighted by atomic mass is 32.2. The van der Waals surface area contributed by atoms with Gasteiger partial charge in [0.25, 0.3) is 5.56 Å². The van der Waals surface area contributed by atoms with Crippen LogP contribution in [0.1, 0.15) is 31.9 Å². The molecular weight excluding hydrogens is 422 g/mol. The number of ether oxygens (including phenoxy) is 1. The maximum absolute atomic E-state index is 12.7. The largest absolute Gasteiger partial charge is 0.486 e. The van der Waals surface area contributed by atoms with Crippen LogP contribution in [0, 0.1) is 5.92 Å². The summed E-state index contributed by atoms with van der Waals surface area (Å²) in [5.41, 5.74) is 0.675. The van der Waals surface area contributed by atoms with E-state index in [0.717, 1.165) is 29.7 Å². The lowest BCUT2D eigenvalue weighted by Crippen LogP contribution is -2.22. The van der Waals surface area contributed by atoms with Gasteiger partial charge in [0, 0.05) is 13.6 Å². The van der Waals surface area contributed by atoms with Gasteiger partial charge in [-0.05, 0) is 36.6 Å². The molecular formula is C24H27N5O2S. The van der Waals surface area contributed by atoms with E-state index >= 15 is 0 Å². The van der Waals surface area contributed by atoms with Crippen molar-refractivity contribution in [3.63, 3.8) is 0 Å². The SMILES string of the molecule is CC(C)CCn1c(COc2ccccc2)nnc1SCc1nc2ccccc2c(=O)n1C. The van der Waals surface area contributed by atoms with Gasteiger partial charge in [-0.15, -0.1) is 10.2 Å². The van der Waals surface area contributed by atoms with Gasteiger partial charge in [-0.2, -0.15) is 0 Å². The molecule has 0 saturated heterocycles. The quantitative estimate of drug-likeness (QED) is 0.352.